The van der Waals surface area contributed by atoms with Gasteiger partial charge in [-0.05, 0) is 60.0 Å². The molecule has 4 nitrogen and oxygen atoms in total. The Morgan fingerprint density at radius 2 is 1.35 bits per heavy atom. The van der Waals surface area contributed by atoms with Gasteiger partial charge in [-0.2, -0.15) is 0 Å². The molecule has 0 radical (unpaired) electrons. The van der Waals surface area contributed by atoms with E-state index in [9.17, 15) is 0 Å². The average molecular weight is 349 g/mol. The van der Waals surface area contributed by atoms with Crippen LogP contribution in [-0.2, 0) is 6.42 Å². The van der Waals surface area contributed by atoms with Crippen LogP contribution in [0, 0.1) is 0 Å². The average Bonchev–Trinajstić information content (AvgIpc) is 2.70. The highest BCUT2D eigenvalue weighted by molar-refractivity contribution is 5.66. The number of rotatable bonds is 7. The van der Waals surface area contributed by atoms with Gasteiger partial charge in [0.25, 0.3) is 0 Å². The fourth-order valence-corrected chi connectivity index (χ4v) is 2.78. The first-order valence-electron chi connectivity index (χ1n) is 8.42. The number of ether oxygens (including phenoxy) is 3. The van der Waals surface area contributed by atoms with Crippen LogP contribution in [0.1, 0.15) is 11.1 Å². The van der Waals surface area contributed by atoms with Crippen molar-refractivity contribution in [3.63, 3.8) is 0 Å². The Morgan fingerprint density at radius 3 is 2.04 bits per heavy atom. The SMILES string of the molecule is COc1ccc(Cc2cc(OC)ccc2Nc2cccc(OC)c2)cc1. The predicted octanol–water partition coefficient (Wildman–Crippen LogP) is 5.05. The second-order valence-electron chi connectivity index (χ2n) is 5.90. The fourth-order valence-electron chi connectivity index (χ4n) is 2.78. The molecule has 3 rings (SSSR count). The maximum absolute atomic E-state index is 5.40. The van der Waals surface area contributed by atoms with Crippen LogP contribution in [0.15, 0.2) is 66.7 Å². The first-order valence-corrected chi connectivity index (χ1v) is 8.42. The zero-order valence-corrected chi connectivity index (χ0v) is 15.3. The van der Waals surface area contributed by atoms with Crippen molar-refractivity contribution in [3.8, 4) is 17.2 Å². The van der Waals surface area contributed by atoms with Gasteiger partial charge in [0.1, 0.15) is 17.2 Å². The Hall–Kier alpha value is -3.14. The zero-order valence-electron chi connectivity index (χ0n) is 15.3. The van der Waals surface area contributed by atoms with Crippen LogP contribution in [0.4, 0.5) is 11.4 Å². The van der Waals surface area contributed by atoms with Crippen molar-refractivity contribution in [3.05, 3.63) is 77.9 Å². The van der Waals surface area contributed by atoms with Crippen molar-refractivity contribution >= 4 is 11.4 Å². The molecule has 0 aromatic heterocycles. The highest BCUT2D eigenvalue weighted by atomic mass is 16.5. The van der Waals surface area contributed by atoms with Crippen LogP contribution in [0.25, 0.3) is 0 Å². The molecule has 0 aliphatic heterocycles. The summed E-state index contributed by atoms with van der Waals surface area (Å²) in [5.41, 5.74) is 4.37. The molecule has 0 aliphatic carbocycles. The summed E-state index contributed by atoms with van der Waals surface area (Å²) in [7, 11) is 5.02. The van der Waals surface area contributed by atoms with Crippen molar-refractivity contribution in [1.82, 2.24) is 0 Å². The summed E-state index contributed by atoms with van der Waals surface area (Å²) < 4.78 is 15.9. The third-order valence-electron chi connectivity index (χ3n) is 4.21. The molecule has 4 heteroatoms. The minimum atomic E-state index is 0.785. The summed E-state index contributed by atoms with van der Waals surface area (Å²) in [6, 6.07) is 22.1. The van der Waals surface area contributed by atoms with Crippen LogP contribution in [0.5, 0.6) is 17.2 Å². The van der Waals surface area contributed by atoms with Crippen molar-refractivity contribution in [2.75, 3.05) is 26.6 Å². The normalized spacial score (nSPS) is 10.3. The molecule has 0 bridgehead atoms. The van der Waals surface area contributed by atoms with Gasteiger partial charge in [-0.25, -0.2) is 0 Å². The third-order valence-corrected chi connectivity index (χ3v) is 4.21. The van der Waals surface area contributed by atoms with E-state index in [0.29, 0.717) is 0 Å². The molecule has 0 atom stereocenters. The van der Waals surface area contributed by atoms with E-state index in [1.54, 1.807) is 21.3 Å². The monoisotopic (exact) mass is 349 g/mol. The van der Waals surface area contributed by atoms with Gasteiger partial charge in [-0.1, -0.05) is 18.2 Å². The molecule has 0 heterocycles. The van der Waals surface area contributed by atoms with E-state index >= 15 is 0 Å². The van der Waals surface area contributed by atoms with Gasteiger partial charge >= 0.3 is 0 Å². The third kappa shape index (κ3) is 4.28. The summed E-state index contributed by atoms with van der Waals surface area (Å²) in [4.78, 5) is 0. The van der Waals surface area contributed by atoms with Crippen LogP contribution in [0.3, 0.4) is 0 Å². The second-order valence-corrected chi connectivity index (χ2v) is 5.90. The molecule has 0 amide bonds. The van der Waals surface area contributed by atoms with Crippen molar-refractivity contribution < 1.29 is 14.2 Å². The number of hydrogen-bond acceptors (Lipinski definition) is 4. The molecule has 0 unspecified atom stereocenters. The largest absolute Gasteiger partial charge is 0.497 e. The highest BCUT2D eigenvalue weighted by Gasteiger charge is 2.07. The smallest absolute Gasteiger partial charge is 0.120 e. The molecule has 0 spiro atoms. The minimum absolute atomic E-state index is 0.785. The van der Waals surface area contributed by atoms with Crippen molar-refractivity contribution in [2.45, 2.75) is 6.42 Å². The Balaban J connectivity index is 1.88. The number of benzene rings is 3. The summed E-state index contributed by atoms with van der Waals surface area (Å²) in [5, 5.41) is 3.48. The molecule has 0 fully saturated rings. The van der Waals surface area contributed by atoms with Crippen LogP contribution < -0.4 is 19.5 Å². The van der Waals surface area contributed by atoms with E-state index in [0.717, 1.165) is 40.6 Å². The van der Waals surface area contributed by atoms with Gasteiger partial charge in [0.15, 0.2) is 0 Å². The van der Waals surface area contributed by atoms with Gasteiger partial charge in [0.2, 0.25) is 0 Å². The van der Waals surface area contributed by atoms with E-state index in [2.05, 4.69) is 23.5 Å². The lowest BCUT2D eigenvalue weighted by molar-refractivity contribution is 0.414. The summed E-state index contributed by atoms with van der Waals surface area (Å²) in [6.07, 6.45) is 0.785. The minimum Gasteiger partial charge on any atom is -0.497 e. The van der Waals surface area contributed by atoms with E-state index in [1.807, 2.05) is 48.5 Å². The van der Waals surface area contributed by atoms with Gasteiger partial charge in [-0.15, -0.1) is 0 Å². The van der Waals surface area contributed by atoms with E-state index in [-0.39, 0.29) is 0 Å². The molecule has 26 heavy (non-hydrogen) atoms. The fraction of sp³-hybridized carbons (Fsp3) is 0.182. The lowest BCUT2D eigenvalue weighted by Crippen LogP contribution is -1.99. The quantitative estimate of drug-likeness (QED) is 0.648. The van der Waals surface area contributed by atoms with Crippen LogP contribution >= 0.6 is 0 Å². The molecular formula is C22H23NO3. The molecule has 134 valence electrons. The van der Waals surface area contributed by atoms with Gasteiger partial charge < -0.3 is 19.5 Å². The second kappa shape index (κ2) is 8.30. The highest BCUT2D eigenvalue weighted by Crippen LogP contribution is 2.29. The lowest BCUT2D eigenvalue weighted by atomic mass is 10.0. The molecular weight excluding hydrogens is 326 g/mol. The first kappa shape index (κ1) is 17.7. The molecule has 1 N–H and O–H groups in total. The topological polar surface area (TPSA) is 39.7 Å². The molecule has 0 saturated heterocycles. The van der Waals surface area contributed by atoms with E-state index in [4.69, 9.17) is 14.2 Å². The van der Waals surface area contributed by atoms with E-state index in [1.165, 1.54) is 5.56 Å². The van der Waals surface area contributed by atoms with Gasteiger partial charge in [0, 0.05) is 17.4 Å². The summed E-state index contributed by atoms with van der Waals surface area (Å²) in [6.45, 7) is 0. The predicted molar refractivity (Wildman–Crippen MR) is 105 cm³/mol. The lowest BCUT2D eigenvalue weighted by Gasteiger charge is -2.15. The number of anilines is 2. The number of hydrogen-bond donors (Lipinski definition) is 1. The maximum Gasteiger partial charge on any atom is 0.120 e. The number of nitrogens with one attached hydrogen (secondary N) is 1. The molecule has 0 saturated carbocycles. The van der Waals surface area contributed by atoms with Gasteiger partial charge in [0.05, 0.1) is 21.3 Å². The number of methoxy groups -OCH3 is 3. The van der Waals surface area contributed by atoms with Crippen LogP contribution in [-0.4, -0.2) is 21.3 Å². The van der Waals surface area contributed by atoms with Crippen LogP contribution in [0.2, 0.25) is 0 Å². The maximum atomic E-state index is 5.40. The standard InChI is InChI=1S/C22H23NO3/c1-24-19-9-7-16(8-10-19)13-17-14-21(26-3)11-12-22(17)23-18-5-4-6-20(15-18)25-2/h4-12,14-15,23H,13H2,1-3H3. The molecule has 0 aliphatic rings. The zero-order chi connectivity index (χ0) is 18.4. The van der Waals surface area contributed by atoms with Gasteiger partial charge in [-0.3, -0.25) is 0 Å². The summed E-state index contributed by atoms with van der Waals surface area (Å²) in [5.74, 6) is 2.51. The molecule has 3 aromatic rings. The Bertz CT molecular complexity index is 860. The Morgan fingerprint density at radius 1 is 0.692 bits per heavy atom. The van der Waals surface area contributed by atoms with E-state index < -0.39 is 0 Å². The Labute approximate surface area is 154 Å². The van der Waals surface area contributed by atoms with Crippen molar-refractivity contribution in [1.29, 1.82) is 0 Å². The summed E-state index contributed by atoms with van der Waals surface area (Å²) >= 11 is 0. The first-order chi connectivity index (χ1) is 12.7. The van der Waals surface area contributed by atoms with Crippen molar-refractivity contribution in [2.24, 2.45) is 0 Å². The Kier molecular flexibility index (Phi) is 5.64. The molecule has 3 aromatic carbocycles.